The quantitative estimate of drug-likeness (QED) is 0.544. The fraction of sp³-hybridized carbons (Fsp3) is 0.174. The maximum absolute atomic E-state index is 12.9. The number of nitrogens with zero attached hydrogens (tertiary/aromatic N) is 2. The Morgan fingerprint density at radius 2 is 1.50 bits per heavy atom. The van der Waals surface area contributed by atoms with E-state index in [9.17, 15) is 8.42 Å². The van der Waals surface area contributed by atoms with E-state index in [2.05, 4.69) is 34.2 Å². The smallest absolute Gasteiger partial charge is 0.243 e. The van der Waals surface area contributed by atoms with Crippen molar-refractivity contribution in [2.75, 3.05) is 26.3 Å². The van der Waals surface area contributed by atoms with Crippen molar-refractivity contribution in [2.45, 2.75) is 4.90 Å². The first kappa shape index (κ1) is 19.0. The summed E-state index contributed by atoms with van der Waals surface area (Å²) in [7, 11) is -3.54. The molecule has 152 valence electrons. The fourth-order valence-electron chi connectivity index (χ4n) is 3.67. The van der Waals surface area contributed by atoms with Crippen molar-refractivity contribution in [1.29, 1.82) is 0 Å². The van der Waals surface area contributed by atoms with Gasteiger partial charge in [-0.1, -0.05) is 54.6 Å². The van der Waals surface area contributed by atoms with Crippen LogP contribution in [0.1, 0.15) is 0 Å². The van der Waals surface area contributed by atoms with E-state index in [0.717, 1.165) is 22.2 Å². The minimum atomic E-state index is -3.54. The number of aromatic nitrogens is 2. The largest absolute Gasteiger partial charge is 0.379 e. The lowest BCUT2D eigenvalue weighted by atomic mass is 10.0. The van der Waals surface area contributed by atoms with E-state index < -0.39 is 10.0 Å². The third-order valence-corrected chi connectivity index (χ3v) is 7.22. The Morgan fingerprint density at radius 3 is 2.23 bits per heavy atom. The van der Waals surface area contributed by atoms with E-state index in [1.807, 2.05) is 30.3 Å². The molecule has 0 unspecified atom stereocenters. The minimum Gasteiger partial charge on any atom is -0.379 e. The van der Waals surface area contributed by atoms with Gasteiger partial charge in [-0.15, -0.1) is 0 Å². The minimum absolute atomic E-state index is 0.270. The molecule has 0 spiro atoms. The second-order valence-corrected chi connectivity index (χ2v) is 9.16. The summed E-state index contributed by atoms with van der Waals surface area (Å²) in [6, 6.07) is 23.4. The van der Waals surface area contributed by atoms with Crippen LogP contribution in [0.3, 0.4) is 0 Å². The first-order chi connectivity index (χ1) is 14.6. The Morgan fingerprint density at radius 1 is 0.833 bits per heavy atom. The Labute approximate surface area is 175 Å². The van der Waals surface area contributed by atoms with Gasteiger partial charge in [-0.25, -0.2) is 13.4 Å². The average Bonchev–Trinajstić information content (AvgIpc) is 3.24. The molecule has 1 fully saturated rings. The highest BCUT2D eigenvalue weighted by Crippen LogP contribution is 2.27. The molecule has 5 rings (SSSR count). The number of H-pyrrole nitrogens is 1. The molecule has 1 aliphatic heterocycles. The van der Waals surface area contributed by atoms with Crippen LogP contribution >= 0.6 is 0 Å². The lowest BCUT2D eigenvalue weighted by molar-refractivity contribution is 0.0730. The van der Waals surface area contributed by atoms with Crippen LogP contribution in [-0.2, 0) is 14.8 Å². The summed E-state index contributed by atoms with van der Waals surface area (Å²) < 4.78 is 32.6. The van der Waals surface area contributed by atoms with Gasteiger partial charge in [-0.05, 0) is 29.3 Å². The van der Waals surface area contributed by atoms with E-state index in [4.69, 9.17) is 4.74 Å². The molecule has 4 aromatic rings. The highest BCUT2D eigenvalue weighted by atomic mass is 32.2. The molecule has 30 heavy (non-hydrogen) atoms. The van der Waals surface area contributed by atoms with Gasteiger partial charge in [0.2, 0.25) is 10.0 Å². The summed E-state index contributed by atoms with van der Waals surface area (Å²) in [5.74, 6) is 0.713. The number of aromatic amines is 1. The number of benzene rings is 3. The SMILES string of the molecule is O=S(=O)(c1ccc2nc(-c3ccc(-c4ccccc4)cc3)[nH]c2c1)N1CCOCC1. The van der Waals surface area contributed by atoms with Crippen LogP contribution in [-0.4, -0.2) is 49.0 Å². The van der Waals surface area contributed by atoms with E-state index >= 15 is 0 Å². The van der Waals surface area contributed by atoms with E-state index in [0.29, 0.717) is 37.6 Å². The van der Waals surface area contributed by atoms with Crippen molar-refractivity contribution < 1.29 is 13.2 Å². The molecule has 0 bridgehead atoms. The zero-order valence-electron chi connectivity index (χ0n) is 16.3. The summed E-state index contributed by atoms with van der Waals surface area (Å²) in [4.78, 5) is 8.17. The molecule has 1 aromatic heterocycles. The van der Waals surface area contributed by atoms with Crippen LogP contribution in [0, 0.1) is 0 Å². The van der Waals surface area contributed by atoms with Crippen molar-refractivity contribution in [3.05, 3.63) is 72.8 Å². The fourth-order valence-corrected chi connectivity index (χ4v) is 5.11. The molecule has 0 atom stereocenters. The highest BCUT2D eigenvalue weighted by molar-refractivity contribution is 7.89. The second kappa shape index (κ2) is 7.68. The molecule has 3 aromatic carbocycles. The summed E-state index contributed by atoms with van der Waals surface area (Å²) in [6.07, 6.45) is 0. The molecular weight excluding hydrogens is 398 g/mol. The third-order valence-electron chi connectivity index (χ3n) is 5.33. The van der Waals surface area contributed by atoms with E-state index in [-0.39, 0.29) is 4.90 Å². The van der Waals surface area contributed by atoms with E-state index in [1.54, 1.807) is 18.2 Å². The van der Waals surface area contributed by atoms with E-state index in [1.165, 1.54) is 4.31 Å². The monoisotopic (exact) mass is 419 g/mol. The van der Waals surface area contributed by atoms with Crippen LogP contribution in [0.15, 0.2) is 77.7 Å². The molecule has 6 nitrogen and oxygen atoms in total. The number of imidazole rings is 1. The predicted molar refractivity (Wildman–Crippen MR) is 117 cm³/mol. The molecule has 0 radical (unpaired) electrons. The zero-order valence-corrected chi connectivity index (χ0v) is 17.1. The molecule has 1 saturated heterocycles. The Bertz CT molecular complexity index is 1280. The Hall–Kier alpha value is -3.00. The maximum atomic E-state index is 12.9. The number of rotatable bonds is 4. The molecule has 2 heterocycles. The van der Waals surface area contributed by atoms with Crippen molar-refractivity contribution in [2.24, 2.45) is 0 Å². The number of sulfonamides is 1. The van der Waals surface area contributed by atoms with Gasteiger partial charge in [0.05, 0.1) is 29.1 Å². The number of hydrogen-bond donors (Lipinski definition) is 1. The summed E-state index contributed by atoms with van der Waals surface area (Å²) in [5.41, 5.74) is 4.67. The van der Waals surface area contributed by atoms with Gasteiger partial charge in [0, 0.05) is 18.7 Å². The molecule has 0 amide bonds. The number of fused-ring (bicyclic) bond motifs is 1. The molecule has 0 saturated carbocycles. The van der Waals surface area contributed by atoms with Gasteiger partial charge < -0.3 is 9.72 Å². The summed E-state index contributed by atoms with van der Waals surface area (Å²) in [5, 5.41) is 0. The first-order valence-corrected chi connectivity index (χ1v) is 11.3. The van der Waals surface area contributed by atoms with Gasteiger partial charge in [-0.2, -0.15) is 4.31 Å². The van der Waals surface area contributed by atoms with Gasteiger partial charge in [0.25, 0.3) is 0 Å². The van der Waals surface area contributed by atoms with Gasteiger partial charge in [-0.3, -0.25) is 0 Å². The van der Waals surface area contributed by atoms with Gasteiger partial charge >= 0.3 is 0 Å². The lowest BCUT2D eigenvalue weighted by Gasteiger charge is -2.25. The standard InChI is InChI=1S/C23H21N3O3S/c27-30(28,26-12-14-29-15-13-26)20-10-11-21-22(16-20)25-23(24-21)19-8-6-18(7-9-19)17-4-2-1-3-5-17/h1-11,16H,12-15H2,(H,24,25). The number of hydrogen-bond acceptors (Lipinski definition) is 4. The topological polar surface area (TPSA) is 75.3 Å². The van der Waals surface area contributed by atoms with Gasteiger partial charge in [0.1, 0.15) is 5.82 Å². The molecule has 7 heteroatoms. The third kappa shape index (κ3) is 3.52. The number of morpholine rings is 1. The van der Waals surface area contributed by atoms with Crippen LogP contribution in [0.4, 0.5) is 0 Å². The van der Waals surface area contributed by atoms with Crippen LogP contribution in [0.5, 0.6) is 0 Å². The van der Waals surface area contributed by atoms with Crippen LogP contribution in [0.25, 0.3) is 33.5 Å². The van der Waals surface area contributed by atoms with Gasteiger partial charge in [0.15, 0.2) is 0 Å². The normalized spacial score (nSPS) is 15.5. The maximum Gasteiger partial charge on any atom is 0.243 e. The molecule has 1 aliphatic rings. The van der Waals surface area contributed by atoms with Crippen molar-refractivity contribution >= 4 is 21.1 Å². The highest BCUT2D eigenvalue weighted by Gasteiger charge is 2.26. The van der Waals surface area contributed by atoms with Crippen molar-refractivity contribution in [1.82, 2.24) is 14.3 Å². The summed E-state index contributed by atoms with van der Waals surface area (Å²) >= 11 is 0. The average molecular weight is 420 g/mol. The molecule has 0 aliphatic carbocycles. The molecule has 1 N–H and O–H groups in total. The second-order valence-electron chi connectivity index (χ2n) is 7.22. The van der Waals surface area contributed by atoms with Crippen molar-refractivity contribution in [3.8, 4) is 22.5 Å². The predicted octanol–water partition coefficient (Wildman–Crippen LogP) is 3.92. The van der Waals surface area contributed by atoms with Crippen LogP contribution in [0.2, 0.25) is 0 Å². The zero-order chi connectivity index (χ0) is 20.6. The summed E-state index contributed by atoms with van der Waals surface area (Å²) in [6.45, 7) is 1.61. The Balaban J connectivity index is 1.45. The number of ether oxygens (including phenoxy) is 1. The lowest BCUT2D eigenvalue weighted by Crippen LogP contribution is -2.40. The first-order valence-electron chi connectivity index (χ1n) is 9.85. The van der Waals surface area contributed by atoms with Crippen LogP contribution < -0.4 is 0 Å². The molecular formula is C23H21N3O3S. The Kier molecular flexibility index (Phi) is 4.86. The number of nitrogens with one attached hydrogen (secondary N) is 1. The van der Waals surface area contributed by atoms with Crippen molar-refractivity contribution in [3.63, 3.8) is 0 Å².